The molecule has 1 fully saturated rings. The Morgan fingerprint density at radius 2 is 2.38 bits per heavy atom. The van der Waals surface area contributed by atoms with Crippen LogP contribution in [-0.2, 0) is 0 Å². The normalized spacial score (nSPS) is 20.1. The smallest absolute Gasteiger partial charge is 0.134 e. The number of nitrogens with one attached hydrogen (secondary N) is 1. The van der Waals surface area contributed by atoms with Crippen molar-refractivity contribution in [2.75, 3.05) is 23.3 Å². The summed E-state index contributed by atoms with van der Waals surface area (Å²) in [7, 11) is 0. The molecule has 0 bridgehead atoms. The van der Waals surface area contributed by atoms with E-state index in [1.807, 2.05) is 0 Å². The quantitative estimate of drug-likeness (QED) is 0.845. The fourth-order valence-corrected chi connectivity index (χ4v) is 2.13. The van der Waals surface area contributed by atoms with Crippen LogP contribution in [0.25, 0.3) is 0 Å². The zero-order valence-corrected chi connectivity index (χ0v) is 10.1. The molecule has 0 amide bonds. The summed E-state index contributed by atoms with van der Waals surface area (Å²) in [6.45, 7) is 6.49. The fourth-order valence-electron chi connectivity index (χ4n) is 2.13. The third-order valence-corrected chi connectivity index (χ3v) is 3.06. The largest absolute Gasteiger partial charge is 0.370 e. The van der Waals surface area contributed by atoms with E-state index in [4.69, 9.17) is 0 Å². The lowest BCUT2D eigenvalue weighted by atomic mass is 10.2. The van der Waals surface area contributed by atoms with Crippen molar-refractivity contribution in [3.63, 3.8) is 0 Å². The van der Waals surface area contributed by atoms with Gasteiger partial charge in [-0.05, 0) is 26.2 Å². The summed E-state index contributed by atoms with van der Waals surface area (Å²) in [5.74, 6) is 1.99. The second-order valence-corrected chi connectivity index (χ2v) is 4.37. The molecule has 0 aromatic carbocycles. The van der Waals surface area contributed by atoms with E-state index in [9.17, 15) is 0 Å². The van der Waals surface area contributed by atoms with Crippen molar-refractivity contribution in [1.82, 2.24) is 9.97 Å². The number of hydrogen-bond donors (Lipinski definition) is 1. The molecule has 1 N–H and O–H groups in total. The predicted molar refractivity (Wildman–Crippen MR) is 66.9 cm³/mol. The van der Waals surface area contributed by atoms with Gasteiger partial charge in [0.05, 0.1) is 0 Å². The molecule has 2 heterocycles. The number of anilines is 2. The average Bonchev–Trinajstić information content (AvgIpc) is 2.73. The molecule has 2 rings (SSSR count). The monoisotopic (exact) mass is 220 g/mol. The molecular weight excluding hydrogens is 200 g/mol. The van der Waals surface area contributed by atoms with Crippen molar-refractivity contribution in [1.29, 1.82) is 0 Å². The van der Waals surface area contributed by atoms with E-state index in [0.29, 0.717) is 6.04 Å². The van der Waals surface area contributed by atoms with Crippen LogP contribution >= 0.6 is 0 Å². The third-order valence-electron chi connectivity index (χ3n) is 3.06. The van der Waals surface area contributed by atoms with Crippen molar-refractivity contribution in [2.24, 2.45) is 0 Å². The highest BCUT2D eigenvalue weighted by molar-refractivity contribution is 5.49. The molecule has 1 saturated heterocycles. The van der Waals surface area contributed by atoms with E-state index in [0.717, 1.165) is 31.1 Å². The second kappa shape index (κ2) is 5.14. The van der Waals surface area contributed by atoms with Crippen molar-refractivity contribution in [3.05, 3.63) is 12.4 Å². The van der Waals surface area contributed by atoms with Gasteiger partial charge in [0.25, 0.3) is 0 Å². The first-order valence-electron chi connectivity index (χ1n) is 6.14. The lowest BCUT2D eigenvalue weighted by Crippen LogP contribution is -2.27. The Hall–Kier alpha value is -1.32. The Balaban J connectivity index is 2.09. The van der Waals surface area contributed by atoms with E-state index >= 15 is 0 Å². The average molecular weight is 220 g/mol. The van der Waals surface area contributed by atoms with E-state index in [1.165, 1.54) is 12.8 Å². The van der Waals surface area contributed by atoms with Gasteiger partial charge in [-0.2, -0.15) is 0 Å². The molecule has 0 spiro atoms. The Kier molecular flexibility index (Phi) is 3.59. The first kappa shape index (κ1) is 11.2. The van der Waals surface area contributed by atoms with Crippen molar-refractivity contribution in [2.45, 2.75) is 39.2 Å². The van der Waals surface area contributed by atoms with Crippen LogP contribution in [0.3, 0.4) is 0 Å². The van der Waals surface area contributed by atoms with Crippen LogP contribution in [0.5, 0.6) is 0 Å². The molecule has 1 aromatic heterocycles. The Morgan fingerprint density at radius 3 is 3.06 bits per heavy atom. The standard InChI is InChI=1S/C12H20N4/c1-3-6-13-11-8-12(15-9-14-11)16-7-4-5-10(16)2/h8-10H,3-7H2,1-2H3,(H,13,14,15). The molecule has 0 aliphatic carbocycles. The molecule has 1 aromatic rings. The van der Waals surface area contributed by atoms with E-state index < -0.39 is 0 Å². The lowest BCUT2D eigenvalue weighted by Gasteiger charge is -2.22. The topological polar surface area (TPSA) is 41.0 Å². The summed E-state index contributed by atoms with van der Waals surface area (Å²) < 4.78 is 0. The van der Waals surface area contributed by atoms with E-state index in [1.54, 1.807) is 6.33 Å². The Bertz CT molecular complexity index is 340. The van der Waals surface area contributed by atoms with Crippen LogP contribution in [0, 0.1) is 0 Å². The van der Waals surface area contributed by atoms with Crippen LogP contribution < -0.4 is 10.2 Å². The lowest BCUT2D eigenvalue weighted by molar-refractivity contribution is 0.726. The maximum atomic E-state index is 4.35. The zero-order valence-electron chi connectivity index (χ0n) is 10.1. The maximum absolute atomic E-state index is 4.35. The van der Waals surface area contributed by atoms with Crippen LogP contribution in [-0.4, -0.2) is 29.1 Å². The Morgan fingerprint density at radius 1 is 1.50 bits per heavy atom. The van der Waals surface area contributed by atoms with Crippen LogP contribution in [0.1, 0.15) is 33.1 Å². The van der Waals surface area contributed by atoms with Crippen LogP contribution in [0.15, 0.2) is 12.4 Å². The zero-order chi connectivity index (χ0) is 11.4. The minimum Gasteiger partial charge on any atom is -0.370 e. The molecular formula is C12H20N4. The van der Waals surface area contributed by atoms with Gasteiger partial charge in [0.2, 0.25) is 0 Å². The van der Waals surface area contributed by atoms with Gasteiger partial charge in [-0.25, -0.2) is 9.97 Å². The molecule has 1 unspecified atom stereocenters. The van der Waals surface area contributed by atoms with Gasteiger partial charge in [-0.15, -0.1) is 0 Å². The summed E-state index contributed by atoms with van der Waals surface area (Å²) in [5, 5.41) is 3.30. The molecule has 88 valence electrons. The highest BCUT2D eigenvalue weighted by atomic mass is 15.2. The molecule has 1 aliphatic heterocycles. The van der Waals surface area contributed by atoms with E-state index in [2.05, 4.69) is 40.1 Å². The molecule has 0 saturated carbocycles. The van der Waals surface area contributed by atoms with Gasteiger partial charge in [0.15, 0.2) is 0 Å². The number of rotatable bonds is 4. The van der Waals surface area contributed by atoms with Gasteiger partial charge in [0, 0.05) is 25.2 Å². The number of hydrogen-bond acceptors (Lipinski definition) is 4. The summed E-state index contributed by atoms with van der Waals surface area (Å²) in [4.78, 5) is 10.9. The minimum absolute atomic E-state index is 0.605. The minimum atomic E-state index is 0.605. The SMILES string of the molecule is CCCNc1cc(N2CCCC2C)ncn1. The van der Waals surface area contributed by atoms with Gasteiger partial charge >= 0.3 is 0 Å². The molecule has 4 nitrogen and oxygen atoms in total. The van der Waals surface area contributed by atoms with Crippen molar-refractivity contribution < 1.29 is 0 Å². The van der Waals surface area contributed by atoms with Gasteiger partial charge in [-0.1, -0.05) is 6.92 Å². The maximum Gasteiger partial charge on any atom is 0.134 e. The van der Waals surface area contributed by atoms with Crippen molar-refractivity contribution in [3.8, 4) is 0 Å². The molecule has 1 aliphatic rings. The summed E-state index contributed by atoms with van der Waals surface area (Å²) in [5.41, 5.74) is 0. The predicted octanol–water partition coefficient (Wildman–Crippen LogP) is 2.29. The summed E-state index contributed by atoms with van der Waals surface area (Å²) in [6.07, 6.45) is 5.29. The van der Waals surface area contributed by atoms with Crippen LogP contribution in [0.2, 0.25) is 0 Å². The van der Waals surface area contributed by atoms with Crippen molar-refractivity contribution >= 4 is 11.6 Å². The molecule has 16 heavy (non-hydrogen) atoms. The first-order valence-corrected chi connectivity index (χ1v) is 6.14. The summed E-state index contributed by atoms with van der Waals surface area (Å²) in [6, 6.07) is 2.66. The summed E-state index contributed by atoms with van der Waals surface area (Å²) >= 11 is 0. The third kappa shape index (κ3) is 2.43. The highest BCUT2D eigenvalue weighted by Gasteiger charge is 2.21. The molecule has 4 heteroatoms. The van der Waals surface area contributed by atoms with Gasteiger partial charge in [-0.3, -0.25) is 0 Å². The molecule has 1 atom stereocenters. The van der Waals surface area contributed by atoms with Gasteiger partial charge < -0.3 is 10.2 Å². The highest BCUT2D eigenvalue weighted by Crippen LogP contribution is 2.24. The molecule has 0 radical (unpaired) electrons. The number of nitrogens with zero attached hydrogens (tertiary/aromatic N) is 3. The first-order chi connectivity index (χ1) is 7.81. The Labute approximate surface area is 97.1 Å². The number of aromatic nitrogens is 2. The van der Waals surface area contributed by atoms with E-state index in [-0.39, 0.29) is 0 Å². The fraction of sp³-hybridized carbons (Fsp3) is 0.667. The van der Waals surface area contributed by atoms with Crippen LogP contribution in [0.4, 0.5) is 11.6 Å². The second-order valence-electron chi connectivity index (χ2n) is 4.37. The van der Waals surface area contributed by atoms with Gasteiger partial charge in [0.1, 0.15) is 18.0 Å².